The second-order valence-corrected chi connectivity index (χ2v) is 6.03. The zero-order valence-corrected chi connectivity index (χ0v) is 13.8. The third-order valence-corrected chi connectivity index (χ3v) is 4.20. The highest BCUT2D eigenvalue weighted by atomic mass is 19.1. The van der Waals surface area contributed by atoms with Crippen molar-refractivity contribution in [2.45, 2.75) is 32.5 Å². The van der Waals surface area contributed by atoms with Crippen molar-refractivity contribution in [3.8, 4) is 5.88 Å². The molecule has 0 saturated heterocycles. The van der Waals surface area contributed by atoms with Crippen LogP contribution in [0.4, 0.5) is 8.78 Å². The minimum Gasteiger partial charge on any atom is -0.475 e. The molecule has 132 valence electrons. The lowest BCUT2D eigenvalue weighted by atomic mass is 10.2. The number of fused-ring (bicyclic) bond motifs is 1. The Hall–Kier alpha value is -2.54. The van der Waals surface area contributed by atoms with Crippen LogP contribution in [0.1, 0.15) is 34.8 Å². The zero-order chi connectivity index (χ0) is 18.0. The van der Waals surface area contributed by atoms with Gasteiger partial charge in [-0.3, -0.25) is 4.79 Å². The average molecular weight is 347 g/mol. The van der Waals surface area contributed by atoms with Crippen LogP contribution >= 0.6 is 0 Å². The third-order valence-electron chi connectivity index (χ3n) is 4.20. The van der Waals surface area contributed by atoms with E-state index in [2.05, 4.69) is 4.98 Å². The van der Waals surface area contributed by atoms with Crippen molar-refractivity contribution < 1.29 is 18.3 Å². The number of rotatable bonds is 6. The summed E-state index contributed by atoms with van der Waals surface area (Å²) in [5.74, 6) is -1.36. The van der Waals surface area contributed by atoms with Gasteiger partial charge < -0.3 is 15.4 Å². The van der Waals surface area contributed by atoms with Crippen molar-refractivity contribution in [1.29, 1.82) is 0 Å². The van der Waals surface area contributed by atoms with Gasteiger partial charge in [0.1, 0.15) is 23.8 Å². The van der Waals surface area contributed by atoms with E-state index in [1.54, 1.807) is 12.3 Å². The van der Waals surface area contributed by atoms with Crippen LogP contribution in [0.3, 0.4) is 0 Å². The van der Waals surface area contributed by atoms with E-state index in [1.165, 1.54) is 17.0 Å². The fraction of sp³-hybridized carbons (Fsp3) is 0.333. The summed E-state index contributed by atoms with van der Waals surface area (Å²) in [6.07, 6.45) is 2.32. The average Bonchev–Trinajstić information content (AvgIpc) is 2.91. The Kier molecular flexibility index (Phi) is 4.94. The minimum absolute atomic E-state index is 0.0491. The Morgan fingerprint density at radius 2 is 2.16 bits per heavy atom. The smallest absolute Gasteiger partial charge is 0.260 e. The van der Waals surface area contributed by atoms with Crippen LogP contribution in [0.2, 0.25) is 0 Å². The first-order valence-corrected chi connectivity index (χ1v) is 8.09. The van der Waals surface area contributed by atoms with E-state index in [0.29, 0.717) is 12.1 Å². The maximum absolute atomic E-state index is 13.9. The molecule has 3 rings (SSSR count). The number of benzene rings is 1. The number of nitrogens with two attached hydrogens (primary N) is 1. The lowest BCUT2D eigenvalue weighted by molar-refractivity contribution is 0.0761. The van der Waals surface area contributed by atoms with E-state index in [0.717, 1.165) is 18.1 Å². The van der Waals surface area contributed by atoms with Crippen LogP contribution in [0.5, 0.6) is 5.88 Å². The molecule has 1 amide bonds. The van der Waals surface area contributed by atoms with E-state index in [-0.39, 0.29) is 36.5 Å². The molecule has 1 aromatic carbocycles. The first kappa shape index (κ1) is 17.3. The quantitative estimate of drug-likeness (QED) is 0.872. The van der Waals surface area contributed by atoms with Gasteiger partial charge in [-0.05, 0) is 24.1 Å². The number of nitrogens with zero attached hydrogens (tertiary/aromatic N) is 2. The number of amides is 1. The van der Waals surface area contributed by atoms with Crippen molar-refractivity contribution in [1.82, 2.24) is 9.88 Å². The molecular formula is C18H19F2N3O2. The van der Waals surface area contributed by atoms with Crippen LogP contribution in [-0.4, -0.2) is 28.4 Å². The summed E-state index contributed by atoms with van der Waals surface area (Å²) in [7, 11) is 0. The number of carbonyl (C=O) groups excluding carboxylic acids is 1. The molecule has 2 aromatic rings. The second kappa shape index (κ2) is 7.14. The normalized spacial score (nSPS) is 14.6. The van der Waals surface area contributed by atoms with E-state index in [9.17, 15) is 13.6 Å². The highest BCUT2D eigenvalue weighted by molar-refractivity contribution is 6.00. The first-order chi connectivity index (χ1) is 12.0. The topological polar surface area (TPSA) is 68.5 Å². The van der Waals surface area contributed by atoms with Crippen molar-refractivity contribution in [2.75, 3.05) is 6.61 Å². The zero-order valence-electron chi connectivity index (χ0n) is 13.8. The molecule has 1 atom stereocenters. The van der Waals surface area contributed by atoms with E-state index in [1.807, 2.05) is 6.92 Å². The maximum atomic E-state index is 13.9. The molecule has 1 aliphatic rings. The van der Waals surface area contributed by atoms with Gasteiger partial charge in [-0.2, -0.15) is 0 Å². The Bertz CT molecular complexity index is 798. The minimum atomic E-state index is -0.674. The second-order valence-electron chi connectivity index (χ2n) is 6.03. The van der Waals surface area contributed by atoms with Crippen LogP contribution in [0.15, 0.2) is 30.5 Å². The van der Waals surface area contributed by atoms with Gasteiger partial charge in [0.2, 0.25) is 5.88 Å². The largest absolute Gasteiger partial charge is 0.475 e. The van der Waals surface area contributed by atoms with Gasteiger partial charge in [0.25, 0.3) is 5.91 Å². The van der Waals surface area contributed by atoms with Crippen molar-refractivity contribution in [3.05, 3.63) is 58.8 Å². The van der Waals surface area contributed by atoms with E-state index in [4.69, 9.17) is 10.5 Å². The number of pyridine rings is 1. The summed E-state index contributed by atoms with van der Waals surface area (Å²) in [6, 6.07) is 4.93. The summed E-state index contributed by atoms with van der Waals surface area (Å²) in [6.45, 7) is 2.58. The standard InChI is InChI=1S/C18H19F2N3O2/c1-2-14(21)10-25-17-16-12(5-6-22-17)9-23(18(16)24)8-11-3-4-13(19)7-15(11)20/h3-7,14H,2,8-10,21H2,1H3/t14-/m1/s1. The van der Waals surface area contributed by atoms with E-state index >= 15 is 0 Å². The van der Waals surface area contributed by atoms with Crippen molar-refractivity contribution in [2.24, 2.45) is 5.73 Å². The molecule has 0 bridgehead atoms. The third kappa shape index (κ3) is 3.61. The number of carbonyl (C=O) groups is 1. The summed E-state index contributed by atoms with van der Waals surface area (Å²) < 4.78 is 32.5. The summed E-state index contributed by atoms with van der Waals surface area (Å²) in [5, 5.41) is 0. The Morgan fingerprint density at radius 1 is 1.36 bits per heavy atom. The number of hydrogen-bond acceptors (Lipinski definition) is 4. The molecule has 0 unspecified atom stereocenters. The number of ether oxygens (including phenoxy) is 1. The van der Waals surface area contributed by atoms with Crippen LogP contribution in [0, 0.1) is 11.6 Å². The van der Waals surface area contributed by atoms with Gasteiger partial charge in [-0.15, -0.1) is 0 Å². The SMILES string of the molecule is CC[C@@H](N)COc1nccc2c1C(=O)N(Cc1ccc(F)cc1F)C2. The van der Waals surface area contributed by atoms with Gasteiger partial charge in [0.05, 0.1) is 0 Å². The molecule has 7 heteroatoms. The predicted octanol–water partition coefficient (Wildman–Crippen LogP) is 2.63. The maximum Gasteiger partial charge on any atom is 0.260 e. The Labute approximate surface area is 144 Å². The number of aromatic nitrogens is 1. The Balaban J connectivity index is 1.79. The molecule has 0 aliphatic carbocycles. The van der Waals surface area contributed by atoms with Gasteiger partial charge in [-0.25, -0.2) is 13.8 Å². The predicted molar refractivity (Wildman–Crippen MR) is 87.9 cm³/mol. The number of hydrogen-bond donors (Lipinski definition) is 1. The summed E-state index contributed by atoms with van der Waals surface area (Å²) in [5.41, 5.74) is 7.24. The molecule has 0 fully saturated rings. The molecule has 0 radical (unpaired) electrons. The fourth-order valence-corrected chi connectivity index (χ4v) is 2.67. The summed E-state index contributed by atoms with van der Waals surface area (Å²) in [4.78, 5) is 18.3. The molecule has 2 N–H and O–H groups in total. The lowest BCUT2D eigenvalue weighted by Gasteiger charge is -2.16. The van der Waals surface area contributed by atoms with Crippen LogP contribution in [-0.2, 0) is 13.1 Å². The highest BCUT2D eigenvalue weighted by Gasteiger charge is 2.32. The molecule has 25 heavy (non-hydrogen) atoms. The van der Waals surface area contributed by atoms with Gasteiger partial charge in [0.15, 0.2) is 0 Å². The van der Waals surface area contributed by atoms with Crippen molar-refractivity contribution in [3.63, 3.8) is 0 Å². The fourth-order valence-electron chi connectivity index (χ4n) is 2.67. The molecule has 5 nitrogen and oxygen atoms in total. The molecule has 0 spiro atoms. The lowest BCUT2D eigenvalue weighted by Crippen LogP contribution is -2.28. The Morgan fingerprint density at radius 3 is 2.88 bits per heavy atom. The molecule has 2 heterocycles. The molecule has 1 aliphatic heterocycles. The van der Waals surface area contributed by atoms with E-state index < -0.39 is 11.6 Å². The van der Waals surface area contributed by atoms with Gasteiger partial charge in [-0.1, -0.05) is 13.0 Å². The van der Waals surface area contributed by atoms with Gasteiger partial charge in [0, 0.05) is 37.0 Å². The first-order valence-electron chi connectivity index (χ1n) is 8.09. The monoisotopic (exact) mass is 347 g/mol. The molecule has 0 saturated carbocycles. The molecule has 1 aromatic heterocycles. The van der Waals surface area contributed by atoms with Crippen molar-refractivity contribution >= 4 is 5.91 Å². The highest BCUT2D eigenvalue weighted by Crippen LogP contribution is 2.30. The van der Waals surface area contributed by atoms with Crippen LogP contribution < -0.4 is 10.5 Å². The van der Waals surface area contributed by atoms with Crippen LogP contribution in [0.25, 0.3) is 0 Å². The molecular weight excluding hydrogens is 328 g/mol. The number of halogens is 2. The van der Waals surface area contributed by atoms with Gasteiger partial charge >= 0.3 is 0 Å². The summed E-state index contributed by atoms with van der Waals surface area (Å²) >= 11 is 0.